The van der Waals surface area contributed by atoms with Gasteiger partial charge in [-0.1, -0.05) is 44.1 Å². The van der Waals surface area contributed by atoms with Crippen LogP contribution in [0.5, 0.6) is 0 Å². The molecular weight excluding hydrogens is 616 g/mol. The summed E-state index contributed by atoms with van der Waals surface area (Å²) in [4.78, 5) is 29.3. The van der Waals surface area contributed by atoms with Crippen molar-refractivity contribution in [3.05, 3.63) is 76.7 Å². The van der Waals surface area contributed by atoms with Crippen LogP contribution in [0.2, 0.25) is 0 Å². The number of aliphatic hydroxyl groups excluding tert-OH is 1. The highest BCUT2D eigenvalue weighted by molar-refractivity contribution is 7.91. The SMILES string of the molecule is CCCCS(=O)(=O)C[C@@H](NC(=O)c1cc(C)[nH]n1)C(=O)N(C[C@@H](O)[C@@H](N)Cc1cc(F)cc(F)c1)C1(C2C=C(CC)C=CC2)CC1. The molecule has 4 atom stereocenters. The largest absolute Gasteiger partial charge is 0.390 e. The fourth-order valence-corrected chi connectivity index (χ4v) is 7.74. The number of sulfone groups is 1. The van der Waals surface area contributed by atoms with Crippen LogP contribution in [0.4, 0.5) is 8.78 Å². The zero-order chi connectivity index (χ0) is 33.6. The number of nitrogens with two attached hydrogens (primary N) is 1. The third kappa shape index (κ3) is 8.89. The molecule has 0 spiro atoms. The standard InChI is InChI=1S/C33H45F2N5O5S/c1-4-6-12-46(44,45)20-29(37-31(42)28-13-21(3)38-39-28)32(43)40(33(10-11-33)24-9-7-8-22(5-2)14-24)19-30(41)27(36)17-23-15-25(34)18-26(35)16-23/h7-8,13-16,18,24,27,29-30,41H,4-6,9-12,17,19-20,36H2,1-3H3,(H,37,42)(H,38,39)/t24?,27-,29+,30+/m0/s1. The van der Waals surface area contributed by atoms with Crippen LogP contribution in [0.15, 0.2) is 48.1 Å². The number of aromatic nitrogens is 2. The molecule has 0 aliphatic heterocycles. The molecule has 1 aromatic carbocycles. The number of aromatic amines is 1. The minimum Gasteiger partial charge on any atom is -0.390 e. The van der Waals surface area contributed by atoms with Gasteiger partial charge in [0.2, 0.25) is 5.91 Å². The molecule has 252 valence electrons. The number of carbonyl (C=O) groups is 2. The summed E-state index contributed by atoms with van der Waals surface area (Å²) in [5.74, 6) is -3.80. The van der Waals surface area contributed by atoms with Gasteiger partial charge in [0.25, 0.3) is 5.91 Å². The third-order valence-electron chi connectivity index (χ3n) is 8.83. The minimum atomic E-state index is -3.77. The van der Waals surface area contributed by atoms with Crippen molar-refractivity contribution in [2.45, 2.75) is 89.4 Å². The fraction of sp³-hybridized carbons (Fsp3) is 0.545. The van der Waals surface area contributed by atoms with Crippen molar-refractivity contribution in [1.82, 2.24) is 20.4 Å². The van der Waals surface area contributed by atoms with Crippen molar-refractivity contribution in [3.8, 4) is 0 Å². The molecule has 2 aliphatic rings. The van der Waals surface area contributed by atoms with Crippen LogP contribution in [-0.2, 0) is 21.1 Å². The number of allylic oxidation sites excluding steroid dienone is 3. The summed E-state index contributed by atoms with van der Waals surface area (Å²) in [6, 6.07) is 2.04. The number of unbranched alkanes of at least 4 members (excludes halogenated alkanes) is 1. The molecule has 46 heavy (non-hydrogen) atoms. The second kappa shape index (κ2) is 15.0. The van der Waals surface area contributed by atoms with Crippen molar-refractivity contribution in [3.63, 3.8) is 0 Å². The molecule has 0 bridgehead atoms. The molecule has 10 nitrogen and oxygen atoms in total. The van der Waals surface area contributed by atoms with Crippen molar-refractivity contribution >= 4 is 21.7 Å². The van der Waals surface area contributed by atoms with E-state index in [1.165, 1.54) is 11.0 Å². The van der Waals surface area contributed by atoms with Gasteiger partial charge in [-0.15, -0.1) is 0 Å². The molecule has 1 fully saturated rings. The van der Waals surface area contributed by atoms with E-state index in [0.29, 0.717) is 37.8 Å². The second-order valence-electron chi connectivity index (χ2n) is 12.5. The Morgan fingerprint density at radius 1 is 1.20 bits per heavy atom. The summed E-state index contributed by atoms with van der Waals surface area (Å²) in [7, 11) is -3.77. The van der Waals surface area contributed by atoms with Crippen LogP contribution < -0.4 is 11.1 Å². The van der Waals surface area contributed by atoms with E-state index in [4.69, 9.17) is 5.73 Å². The summed E-state index contributed by atoms with van der Waals surface area (Å²) in [6.07, 6.45) is 8.45. The number of amides is 2. The lowest BCUT2D eigenvalue weighted by atomic mass is 9.85. The van der Waals surface area contributed by atoms with E-state index >= 15 is 0 Å². The second-order valence-corrected chi connectivity index (χ2v) is 14.8. The maximum absolute atomic E-state index is 14.6. The Hall–Kier alpha value is -3.42. The number of aliphatic hydroxyl groups is 1. The molecule has 1 saturated carbocycles. The molecule has 2 aliphatic carbocycles. The molecule has 0 radical (unpaired) electrons. The lowest BCUT2D eigenvalue weighted by molar-refractivity contribution is -0.139. The van der Waals surface area contributed by atoms with Crippen molar-refractivity contribution in [2.75, 3.05) is 18.1 Å². The number of halogens is 2. The van der Waals surface area contributed by atoms with Gasteiger partial charge in [-0.2, -0.15) is 5.10 Å². The van der Waals surface area contributed by atoms with Crippen LogP contribution in [0, 0.1) is 24.5 Å². The molecule has 2 aromatic rings. The first-order chi connectivity index (χ1) is 21.8. The number of β-amino-alcohol motifs (C(OH)–C–C–N with tert-alkyl or cyclic N) is 1. The Morgan fingerprint density at radius 3 is 2.48 bits per heavy atom. The van der Waals surface area contributed by atoms with Crippen LogP contribution in [0.3, 0.4) is 0 Å². The van der Waals surface area contributed by atoms with E-state index in [9.17, 15) is 31.9 Å². The average Bonchev–Trinajstić information content (AvgIpc) is 3.69. The topological polar surface area (TPSA) is 158 Å². The molecule has 1 aromatic heterocycles. The highest BCUT2D eigenvalue weighted by Crippen LogP contribution is 2.51. The summed E-state index contributed by atoms with van der Waals surface area (Å²) in [5, 5.41) is 20.6. The van der Waals surface area contributed by atoms with E-state index < -0.39 is 62.8 Å². The maximum atomic E-state index is 14.6. The van der Waals surface area contributed by atoms with Crippen LogP contribution in [-0.4, -0.2) is 82.2 Å². The molecule has 5 N–H and O–H groups in total. The van der Waals surface area contributed by atoms with Gasteiger partial charge >= 0.3 is 0 Å². The van der Waals surface area contributed by atoms with Gasteiger partial charge in [-0.25, -0.2) is 17.2 Å². The van der Waals surface area contributed by atoms with Crippen LogP contribution >= 0.6 is 0 Å². The average molecular weight is 662 g/mol. The molecule has 1 unspecified atom stereocenters. The molecule has 2 amide bonds. The first-order valence-corrected chi connectivity index (χ1v) is 17.7. The first kappa shape index (κ1) is 35.4. The highest BCUT2D eigenvalue weighted by atomic mass is 32.2. The molecule has 1 heterocycles. The Labute approximate surface area is 269 Å². The van der Waals surface area contributed by atoms with Crippen LogP contribution in [0.25, 0.3) is 0 Å². The zero-order valence-corrected chi connectivity index (χ0v) is 27.5. The number of aryl methyl sites for hydroxylation is 1. The number of nitrogens with zero attached hydrogens (tertiary/aromatic N) is 2. The van der Waals surface area contributed by atoms with Gasteiger partial charge in [-0.3, -0.25) is 14.7 Å². The lowest BCUT2D eigenvalue weighted by Gasteiger charge is -2.41. The summed E-state index contributed by atoms with van der Waals surface area (Å²) < 4.78 is 54.1. The Bertz CT molecular complexity index is 1550. The number of hydrogen-bond donors (Lipinski definition) is 4. The normalized spacial score (nSPS) is 19.2. The summed E-state index contributed by atoms with van der Waals surface area (Å²) >= 11 is 0. The van der Waals surface area contributed by atoms with Crippen molar-refractivity contribution in [1.29, 1.82) is 0 Å². The predicted octanol–water partition coefficient (Wildman–Crippen LogP) is 3.51. The number of benzene rings is 1. The maximum Gasteiger partial charge on any atom is 0.272 e. The van der Waals surface area contributed by atoms with Crippen LogP contribution in [0.1, 0.15) is 74.1 Å². The van der Waals surface area contributed by atoms with Gasteiger partial charge in [0, 0.05) is 35.8 Å². The molecular formula is C33H45F2N5O5S. The van der Waals surface area contributed by atoms with E-state index in [2.05, 4.69) is 21.6 Å². The molecule has 0 saturated heterocycles. The highest BCUT2D eigenvalue weighted by Gasteiger charge is 2.56. The van der Waals surface area contributed by atoms with Crippen molar-refractivity contribution < 1.29 is 31.9 Å². The van der Waals surface area contributed by atoms with Crippen molar-refractivity contribution in [2.24, 2.45) is 11.7 Å². The minimum absolute atomic E-state index is 0.00580. The smallest absolute Gasteiger partial charge is 0.272 e. The monoisotopic (exact) mass is 661 g/mol. The molecule has 4 rings (SSSR count). The Morgan fingerprint density at radius 2 is 1.89 bits per heavy atom. The Kier molecular flexibility index (Phi) is 11.5. The van der Waals surface area contributed by atoms with E-state index in [1.807, 2.05) is 26.0 Å². The van der Waals surface area contributed by atoms with Gasteiger partial charge in [-0.05, 0) is 69.2 Å². The Balaban J connectivity index is 1.68. The molecule has 13 heteroatoms. The number of rotatable bonds is 16. The summed E-state index contributed by atoms with van der Waals surface area (Å²) in [6.45, 7) is 5.33. The number of carbonyl (C=O) groups excluding carboxylic acids is 2. The number of nitrogens with one attached hydrogen (secondary N) is 2. The van der Waals surface area contributed by atoms with Gasteiger partial charge < -0.3 is 21.1 Å². The number of H-pyrrole nitrogens is 1. The quantitative estimate of drug-likeness (QED) is 0.214. The van der Waals surface area contributed by atoms with Gasteiger partial charge in [0.05, 0.1) is 17.6 Å². The fourth-order valence-electron chi connectivity index (χ4n) is 6.11. The first-order valence-electron chi connectivity index (χ1n) is 15.9. The predicted molar refractivity (Wildman–Crippen MR) is 171 cm³/mol. The van der Waals surface area contributed by atoms with E-state index in [1.54, 1.807) is 6.92 Å². The number of hydrogen-bond acceptors (Lipinski definition) is 7. The third-order valence-corrected chi connectivity index (χ3v) is 10.6. The lowest BCUT2D eigenvalue weighted by Crippen LogP contribution is -2.60. The zero-order valence-electron chi connectivity index (χ0n) is 26.6. The van der Waals surface area contributed by atoms with Gasteiger partial charge in [0.1, 0.15) is 23.4 Å². The van der Waals surface area contributed by atoms with E-state index in [-0.39, 0.29) is 35.9 Å². The summed E-state index contributed by atoms with van der Waals surface area (Å²) in [5.41, 5.74) is 7.56. The van der Waals surface area contributed by atoms with Gasteiger partial charge in [0.15, 0.2) is 9.84 Å². The van der Waals surface area contributed by atoms with E-state index in [0.717, 1.165) is 30.2 Å².